The molecule has 0 spiro atoms. The average Bonchev–Trinajstić information content (AvgIpc) is 2.99. The van der Waals surface area contributed by atoms with E-state index in [1.165, 1.54) is 24.3 Å². The molecule has 1 rings (SSSR count). The molecule has 1 aromatic carbocycles. The molecule has 0 aliphatic rings. The highest BCUT2D eigenvalue weighted by Gasteiger charge is 2.24. The van der Waals surface area contributed by atoms with Gasteiger partial charge < -0.3 is 38.5 Å². The summed E-state index contributed by atoms with van der Waals surface area (Å²) in [4.78, 5) is 49.8. The molecule has 1 amide bonds. The van der Waals surface area contributed by atoms with Crippen LogP contribution in [0.5, 0.6) is 5.75 Å². The number of benzene rings is 1. The third kappa shape index (κ3) is 23.0. The standard InChI is InChI=1S/C23H38N4O19/c28-21(40-11-5-37-8-14-43-25(31)32)20(24-22(29)41-12-6-38-9-15-44-26(33)34)17-18-1-3-19(4-2-18)46-23(30)42-13-7-39-10-16-45-27(35)36/h1-4,20,31-36H,5-17H2,(H,24,29). The van der Waals surface area contributed by atoms with E-state index in [0.717, 1.165) is 0 Å². The van der Waals surface area contributed by atoms with E-state index in [0.29, 0.717) is 5.56 Å². The molecule has 0 heterocycles. The summed E-state index contributed by atoms with van der Waals surface area (Å²) in [6, 6.07) is 4.67. The molecule has 23 nitrogen and oxygen atoms in total. The summed E-state index contributed by atoms with van der Waals surface area (Å²) in [5, 5.41) is 51.5. The number of hydrogen-bond acceptors (Lipinski definition) is 22. The van der Waals surface area contributed by atoms with Gasteiger partial charge in [-0.2, -0.15) is 0 Å². The summed E-state index contributed by atoms with van der Waals surface area (Å²) in [7, 11) is 0. The third-order valence-electron chi connectivity index (χ3n) is 4.82. The van der Waals surface area contributed by atoms with Crippen LogP contribution < -0.4 is 10.1 Å². The van der Waals surface area contributed by atoms with Crippen LogP contribution in [-0.4, -0.2) is 151 Å². The van der Waals surface area contributed by atoms with Crippen molar-refractivity contribution in [2.75, 3.05) is 79.3 Å². The summed E-state index contributed by atoms with van der Waals surface area (Å²) in [6.45, 7) is -1.31. The predicted octanol–water partition coefficient (Wildman–Crippen LogP) is -0.532. The first-order chi connectivity index (χ1) is 22.1. The fourth-order valence-corrected chi connectivity index (χ4v) is 2.95. The van der Waals surface area contributed by atoms with Gasteiger partial charge in [-0.3, -0.25) is 31.2 Å². The van der Waals surface area contributed by atoms with Gasteiger partial charge in [-0.1, -0.05) is 12.1 Å². The second-order valence-electron chi connectivity index (χ2n) is 8.14. The second-order valence-corrected chi connectivity index (χ2v) is 8.14. The first kappa shape index (κ1) is 40.7. The molecule has 0 saturated heterocycles. The monoisotopic (exact) mass is 674 g/mol. The first-order valence-electron chi connectivity index (χ1n) is 13.3. The van der Waals surface area contributed by atoms with Crippen molar-refractivity contribution < 1.29 is 93.3 Å². The Kier molecular flexibility index (Phi) is 22.8. The number of ether oxygens (including phenoxy) is 7. The van der Waals surface area contributed by atoms with Gasteiger partial charge in [-0.25, -0.2) is 28.9 Å². The second kappa shape index (κ2) is 25.8. The molecule has 0 saturated carbocycles. The SMILES string of the molecule is O=C(NC(Cc1ccc(OC(=O)OCCOCCON(O)O)cc1)C(=O)OCCOCCON(O)O)OCCOCCON(O)O. The van der Waals surface area contributed by atoms with E-state index in [4.69, 9.17) is 64.4 Å². The Labute approximate surface area is 260 Å². The Bertz CT molecular complexity index is 956. The van der Waals surface area contributed by atoms with Crippen LogP contribution in [-0.2, 0) is 54.1 Å². The number of nitrogens with one attached hydrogen (secondary N) is 1. The highest BCUT2D eigenvalue weighted by Crippen LogP contribution is 2.15. The van der Waals surface area contributed by atoms with Crippen LogP contribution in [0.3, 0.4) is 0 Å². The summed E-state index contributed by atoms with van der Waals surface area (Å²) in [5.74, 6) is -0.717. The molecule has 1 unspecified atom stereocenters. The number of alkyl carbamates (subject to hydrolysis) is 1. The minimum absolute atomic E-state index is 0.000824. The Hall–Kier alpha value is -3.37. The fourth-order valence-electron chi connectivity index (χ4n) is 2.95. The van der Waals surface area contributed by atoms with Crippen molar-refractivity contribution in [3.8, 4) is 5.75 Å². The number of carbonyl (C=O) groups excluding carboxylic acids is 3. The number of esters is 1. The van der Waals surface area contributed by atoms with Gasteiger partial charge in [-0.05, 0) is 17.7 Å². The van der Waals surface area contributed by atoms with Crippen LogP contribution in [0.25, 0.3) is 0 Å². The normalized spacial score (nSPS) is 11.9. The van der Waals surface area contributed by atoms with E-state index >= 15 is 0 Å². The quantitative estimate of drug-likeness (QED) is 0.0214. The Balaban J connectivity index is 2.56. The van der Waals surface area contributed by atoms with E-state index in [2.05, 4.69) is 19.8 Å². The van der Waals surface area contributed by atoms with Crippen molar-refractivity contribution in [2.45, 2.75) is 12.5 Å². The van der Waals surface area contributed by atoms with Gasteiger partial charge in [0, 0.05) is 6.42 Å². The van der Waals surface area contributed by atoms with Gasteiger partial charge in [0.05, 0.1) is 75.6 Å². The number of hydrogen-bond donors (Lipinski definition) is 7. The third-order valence-corrected chi connectivity index (χ3v) is 4.82. The van der Waals surface area contributed by atoms with E-state index < -0.39 is 40.4 Å². The van der Waals surface area contributed by atoms with Crippen LogP contribution in [0.2, 0.25) is 0 Å². The minimum atomic E-state index is -1.22. The summed E-state index contributed by atoms with van der Waals surface area (Å²) in [6.07, 6.45) is -2.05. The lowest BCUT2D eigenvalue weighted by atomic mass is 10.1. The molecule has 0 aliphatic heterocycles. The molecule has 0 fully saturated rings. The Morgan fingerprint density at radius 2 is 1.02 bits per heavy atom. The lowest BCUT2D eigenvalue weighted by Gasteiger charge is -2.18. The van der Waals surface area contributed by atoms with E-state index in [-0.39, 0.29) is 91.5 Å². The average molecular weight is 675 g/mol. The van der Waals surface area contributed by atoms with Gasteiger partial charge in [0.25, 0.3) is 0 Å². The minimum Gasteiger partial charge on any atom is -0.462 e. The van der Waals surface area contributed by atoms with Crippen molar-refractivity contribution in [2.24, 2.45) is 0 Å². The maximum absolute atomic E-state index is 12.7. The van der Waals surface area contributed by atoms with Crippen LogP contribution >= 0.6 is 0 Å². The highest BCUT2D eigenvalue weighted by atomic mass is 17.1. The maximum atomic E-state index is 12.7. The zero-order chi connectivity index (χ0) is 34.0. The van der Waals surface area contributed by atoms with Crippen LogP contribution in [0.15, 0.2) is 24.3 Å². The molecule has 1 atom stereocenters. The molecule has 23 heteroatoms. The zero-order valence-corrected chi connectivity index (χ0v) is 24.4. The van der Waals surface area contributed by atoms with Crippen LogP contribution in [0.4, 0.5) is 9.59 Å². The summed E-state index contributed by atoms with van der Waals surface area (Å²) < 4.78 is 35.3. The maximum Gasteiger partial charge on any atom is 0.513 e. The number of rotatable bonds is 26. The van der Waals surface area contributed by atoms with Crippen molar-refractivity contribution in [1.82, 2.24) is 21.5 Å². The van der Waals surface area contributed by atoms with E-state index in [9.17, 15) is 14.4 Å². The molecule has 7 N–H and O–H groups in total. The van der Waals surface area contributed by atoms with Crippen LogP contribution in [0, 0.1) is 0 Å². The zero-order valence-electron chi connectivity index (χ0n) is 24.4. The van der Waals surface area contributed by atoms with E-state index in [1.807, 2.05) is 0 Å². The smallest absolute Gasteiger partial charge is 0.462 e. The van der Waals surface area contributed by atoms with Crippen molar-refractivity contribution >= 4 is 18.2 Å². The van der Waals surface area contributed by atoms with E-state index in [1.54, 1.807) is 0 Å². The molecule has 0 aromatic heterocycles. The molecule has 1 aromatic rings. The number of amides is 1. The Morgan fingerprint density at radius 1 is 0.587 bits per heavy atom. The first-order valence-corrected chi connectivity index (χ1v) is 13.3. The summed E-state index contributed by atoms with van der Waals surface area (Å²) >= 11 is 0. The predicted molar refractivity (Wildman–Crippen MR) is 138 cm³/mol. The summed E-state index contributed by atoms with van der Waals surface area (Å²) in [5.41, 5.74) is 0.527. The fraction of sp³-hybridized carbons (Fsp3) is 0.609. The van der Waals surface area contributed by atoms with Gasteiger partial charge in [0.2, 0.25) is 0 Å². The lowest BCUT2D eigenvalue weighted by Crippen LogP contribution is -2.44. The van der Waals surface area contributed by atoms with Gasteiger partial charge in [0.15, 0.2) is 0 Å². The molecule has 264 valence electrons. The topological polar surface area (TPSA) is 287 Å². The molecule has 0 bridgehead atoms. The number of nitrogens with zero attached hydrogens (tertiary/aromatic N) is 3. The van der Waals surface area contributed by atoms with Crippen LogP contribution in [0.1, 0.15) is 5.56 Å². The molecular formula is C23H38N4O19. The highest BCUT2D eigenvalue weighted by molar-refractivity contribution is 5.81. The molecule has 46 heavy (non-hydrogen) atoms. The number of carbonyl (C=O) groups is 3. The molecule has 0 aliphatic carbocycles. The van der Waals surface area contributed by atoms with Gasteiger partial charge in [0.1, 0.15) is 31.6 Å². The van der Waals surface area contributed by atoms with Crippen molar-refractivity contribution in [3.05, 3.63) is 29.8 Å². The van der Waals surface area contributed by atoms with Gasteiger partial charge >= 0.3 is 18.2 Å². The lowest BCUT2D eigenvalue weighted by molar-refractivity contribution is -0.493. The molecular weight excluding hydrogens is 636 g/mol. The van der Waals surface area contributed by atoms with Crippen molar-refractivity contribution in [1.29, 1.82) is 0 Å². The largest absolute Gasteiger partial charge is 0.513 e. The Morgan fingerprint density at radius 3 is 1.50 bits per heavy atom. The molecule has 0 radical (unpaired) electrons. The van der Waals surface area contributed by atoms with Crippen molar-refractivity contribution in [3.63, 3.8) is 0 Å². The van der Waals surface area contributed by atoms with Gasteiger partial charge in [-0.15, -0.1) is 0 Å².